The van der Waals surface area contributed by atoms with Gasteiger partial charge in [0.25, 0.3) is 0 Å². The molecule has 2 atom stereocenters. The van der Waals surface area contributed by atoms with E-state index in [1.807, 2.05) is 0 Å². The van der Waals surface area contributed by atoms with Crippen LogP contribution in [0.25, 0.3) is 0 Å². The summed E-state index contributed by atoms with van der Waals surface area (Å²) in [6.07, 6.45) is 11.8. The van der Waals surface area contributed by atoms with E-state index in [-0.39, 0.29) is 11.5 Å². The van der Waals surface area contributed by atoms with E-state index < -0.39 is 0 Å². The number of anilines is 2. The summed E-state index contributed by atoms with van der Waals surface area (Å²) < 4.78 is 0. The van der Waals surface area contributed by atoms with E-state index in [1.165, 1.54) is 38.5 Å². The minimum absolute atomic E-state index is 0.184. The summed E-state index contributed by atoms with van der Waals surface area (Å²) in [5.41, 5.74) is 6.12. The second-order valence-electron chi connectivity index (χ2n) is 8.05. The number of aliphatic hydroxyl groups excluding tert-OH is 1. The number of nitrogens with one attached hydrogen (secondary N) is 1. The Balaban J connectivity index is 1.40. The van der Waals surface area contributed by atoms with Gasteiger partial charge >= 0.3 is 0 Å². The number of hydrogen-bond acceptors (Lipinski definition) is 6. The first kappa shape index (κ1) is 16.1. The highest BCUT2D eigenvalue weighted by Gasteiger charge is 2.50. The van der Waals surface area contributed by atoms with Gasteiger partial charge in [0.15, 0.2) is 0 Å². The van der Waals surface area contributed by atoms with E-state index in [0.717, 1.165) is 38.1 Å². The molecule has 0 aromatic carbocycles. The molecular weight excluding hydrogens is 302 g/mol. The summed E-state index contributed by atoms with van der Waals surface area (Å²) in [6, 6.07) is 0. The van der Waals surface area contributed by atoms with Crippen LogP contribution in [0.15, 0.2) is 0 Å². The Morgan fingerprint density at radius 3 is 2.46 bits per heavy atom. The average Bonchev–Trinajstić information content (AvgIpc) is 2.90. The molecule has 0 bridgehead atoms. The molecular formula is C18H29N5O. The molecule has 0 aliphatic heterocycles. The molecule has 4 rings (SSSR count). The monoisotopic (exact) mass is 331 g/mol. The molecule has 0 radical (unpaired) electrons. The molecule has 132 valence electrons. The molecule has 3 fully saturated rings. The summed E-state index contributed by atoms with van der Waals surface area (Å²) in [5, 5.41) is 14.0. The largest absolute Gasteiger partial charge is 0.392 e. The molecule has 3 aliphatic carbocycles. The van der Waals surface area contributed by atoms with Crippen molar-refractivity contribution in [3.8, 4) is 0 Å². The Labute approximate surface area is 143 Å². The fraction of sp³-hybridized carbons (Fsp3) is 0.833. The molecule has 0 saturated heterocycles. The summed E-state index contributed by atoms with van der Waals surface area (Å²) in [4.78, 5) is 13.2. The number of nitrogens with zero attached hydrogens (tertiary/aromatic N) is 3. The Hall–Kier alpha value is -1.43. The number of rotatable bonds is 4. The van der Waals surface area contributed by atoms with Crippen molar-refractivity contribution in [3.63, 3.8) is 0 Å². The second kappa shape index (κ2) is 6.47. The Morgan fingerprint density at radius 1 is 1.00 bits per heavy atom. The molecule has 1 aromatic heterocycles. The normalized spacial score (nSPS) is 29.5. The van der Waals surface area contributed by atoms with Crippen LogP contribution in [0, 0.1) is 11.3 Å². The molecule has 0 amide bonds. The van der Waals surface area contributed by atoms with Gasteiger partial charge in [-0.3, -0.25) is 0 Å². The highest BCUT2D eigenvalue weighted by Crippen LogP contribution is 2.55. The molecule has 6 heteroatoms. The number of nitrogen functional groups attached to an aromatic ring is 1. The number of aliphatic hydroxyl groups is 1. The van der Waals surface area contributed by atoms with Crippen molar-refractivity contribution in [1.29, 1.82) is 0 Å². The Kier molecular flexibility index (Phi) is 4.33. The lowest BCUT2D eigenvalue weighted by atomic mass is 9.65. The topological polar surface area (TPSA) is 97.0 Å². The van der Waals surface area contributed by atoms with E-state index in [2.05, 4.69) is 20.3 Å². The molecule has 2 unspecified atom stereocenters. The molecule has 1 spiro atoms. The summed E-state index contributed by atoms with van der Waals surface area (Å²) >= 11 is 0. The van der Waals surface area contributed by atoms with Crippen molar-refractivity contribution in [2.75, 3.05) is 17.6 Å². The van der Waals surface area contributed by atoms with E-state index in [1.54, 1.807) is 0 Å². The third-order valence-electron chi connectivity index (χ3n) is 6.60. The lowest BCUT2D eigenvalue weighted by Crippen LogP contribution is -2.40. The molecule has 3 saturated carbocycles. The van der Waals surface area contributed by atoms with Crippen LogP contribution in [0.2, 0.25) is 0 Å². The van der Waals surface area contributed by atoms with Gasteiger partial charge in [-0.05, 0) is 43.9 Å². The molecule has 24 heavy (non-hydrogen) atoms. The maximum Gasteiger partial charge on any atom is 0.227 e. The first-order valence-corrected chi connectivity index (χ1v) is 9.60. The Morgan fingerprint density at radius 2 is 1.79 bits per heavy atom. The molecule has 3 aliphatic rings. The van der Waals surface area contributed by atoms with Crippen molar-refractivity contribution < 1.29 is 5.11 Å². The standard InChI is InChI=1S/C18H29N5O/c19-16-21-15(12-5-2-1-3-6-12)22-17(23-16)20-11-13-7-10-18(14(13)24)8-4-9-18/h12-14,24H,1-11H2,(H3,19,20,21,22,23). The van der Waals surface area contributed by atoms with Crippen molar-refractivity contribution in [2.45, 2.75) is 76.2 Å². The summed E-state index contributed by atoms with van der Waals surface area (Å²) in [5.74, 6) is 2.42. The van der Waals surface area contributed by atoms with Crippen LogP contribution < -0.4 is 11.1 Å². The Bertz CT molecular complexity index is 583. The van der Waals surface area contributed by atoms with Gasteiger partial charge in [-0.2, -0.15) is 15.0 Å². The highest BCUT2D eigenvalue weighted by atomic mass is 16.3. The van der Waals surface area contributed by atoms with Gasteiger partial charge in [-0.1, -0.05) is 25.7 Å². The predicted octanol–water partition coefficient (Wildman–Crippen LogP) is 2.85. The zero-order chi connectivity index (χ0) is 16.6. The van der Waals surface area contributed by atoms with Gasteiger partial charge in [0.2, 0.25) is 11.9 Å². The van der Waals surface area contributed by atoms with Crippen LogP contribution in [0.3, 0.4) is 0 Å². The van der Waals surface area contributed by atoms with Crippen LogP contribution in [0.5, 0.6) is 0 Å². The fourth-order valence-corrected chi connectivity index (χ4v) is 4.92. The van der Waals surface area contributed by atoms with Gasteiger partial charge < -0.3 is 16.2 Å². The highest BCUT2D eigenvalue weighted by molar-refractivity contribution is 5.32. The minimum Gasteiger partial charge on any atom is -0.392 e. The minimum atomic E-state index is -0.184. The zero-order valence-electron chi connectivity index (χ0n) is 14.4. The maximum absolute atomic E-state index is 10.6. The number of nitrogens with two attached hydrogens (primary N) is 1. The van der Waals surface area contributed by atoms with Crippen molar-refractivity contribution >= 4 is 11.9 Å². The maximum atomic E-state index is 10.6. The smallest absolute Gasteiger partial charge is 0.227 e. The first-order valence-electron chi connectivity index (χ1n) is 9.60. The van der Waals surface area contributed by atoms with E-state index in [0.29, 0.717) is 23.7 Å². The van der Waals surface area contributed by atoms with E-state index >= 15 is 0 Å². The van der Waals surface area contributed by atoms with Crippen LogP contribution in [-0.4, -0.2) is 32.7 Å². The quantitative estimate of drug-likeness (QED) is 0.785. The molecule has 6 nitrogen and oxygen atoms in total. The third-order valence-corrected chi connectivity index (χ3v) is 6.60. The second-order valence-corrected chi connectivity index (χ2v) is 8.05. The third kappa shape index (κ3) is 2.96. The molecule has 1 heterocycles. The predicted molar refractivity (Wildman–Crippen MR) is 93.6 cm³/mol. The summed E-state index contributed by atoms with van der Waals surface area (Å²) in [6.45, 7) is 0.719. The first-order chi connectivity index (χ1) is 11.7. The van der Waals surface area contributed by atoms with Crippen LogP contribution in [0.4, 0.5) is 11.9 Å². The van der Waals surface area contributed by atoms with Gasteiger partial charge in [0.1, 0.15) is 5.82 Å². The summed E-state index contributed by atoms with van der Waals surface area (Å²) in [7, 11) is 0. The van der Waals surface area contributed by atoms with Gasteiger partial charge in [0.05, 0.1) is 6.10 Å². The zero-order valence-corrected chi connectivity index (χ0v) is 14.4. The molecule has 4 N–H and O–H groups in total. The fourth-order valence-electron chi connectivity index (χ4n) is 4.92. The lowest BCUT2D eigenvalue weighted by Gasteiger charge is -2.42. The van der Waals surface area contributed by atoms with Crippen molar-refractivity contribution in [1.82, 2.24) is 15.0 Å². The van der Waals surface area contributed by atoms with Gasteiger partial charge in [-0.25, -0.2) is 0 Å². The van der Waals surface area contributed by atoms with Gasteiger partial charge in [0, 0.05) is 18.4 Å². The van der Waals surface area contributed by atoms with Crippen molar-refractivity contribution in [2.24, 2.45) is 11.3 Å². The van der Waals surface area contributed by atoms with Crippen LogP contribution in [0.1, 0.15) is 76.0 Å². The van der Waals surface area contributed by atoms with Gasteiger partial charge in [-0.15, -0.1) is 0 Å². The number of hydrogen-bond donors (Lipinski definition) is 3. The van der Waals surface area contributed by atoms with Crippen LogP contribution in [-0.2, 0) is 0 Å². The van der Waals surface area contributed by atoms with E-state index in [9.17, 15) is 5.11 Å². The van der Waals surface area contributed by atoms with Crippen molar-refractivity contribution in [3.05, 3.63) is 5.82 Å². The molecule has 1 aromatic rings. The van der Waals surface area contributed by atoms with E-state index in [4.69, 9.17) is 5.73 Å². The SMILES string of the molecule is Nc1nc(NCC2CCC3(CCC3)C2O)nc(C2CCCCC2)n1. The number of aromatic nitrogens is 3. The average molecular weight is 331 g/mol. The van der Waals surface area contributed by atoms with Crippen LogP contribution >= 0.6 is 0 Å². The lowest BCUT2D eigenvalue weighted by molar-refractivity contribution is -0.0261.